The van der Waals surface area contributed by atoms with Gasteiger partial charge in [-0.15, -0.1) is 0 Å². The zero-order chi connectivity index (χ0) is 14.9. The number of thiocarbonyl (C=S) groups is 1. The van der Waals surface area contributed by atoms with Gasteiger partial charge in [0.15, 0.2) is 5.11 Å². The molecule has 0 radical (unpaired) electrons. The van der Waals surface area contributed by atoms with Gasteiger partial charge in [0, 0.05) is 6.42 Å². The number of hydrogen-bond donors (Lipinski definition) is 3. The molecule has 3 N–H and O–H groups in total. The molecule has 0 fully saturated rings. The third kappa shape index (κ3) is 3.37. The highest BCUT2D eigenvalue weighted by molar-refractivity contribution is 7.87. The Hall–Kier alpha value is -0.980. The molecule has 3 atom stereocenters. The number of nitrogens with one attached hydrogen (secondary N) is 2. The van der Waals surface area contributed by atoms with Gasteiger partial charge in [0.1, 0.15) is 11.0 Å². The van der Waals surface area contributed by atoms with Crippen LogP contribution in [0.15, 0.2) is 24.3 Å². The van der Waals surface area contributed by atoms with Crippen LogP contribution in [0.2, 0.25) is 0 Å². The topological polar surface area (TPSA) is 61.4 Å². The fraction of sp³-hybridized carbons (Fsp3) is 0.500. The second-order valence-electron chi connectivity index (χ2n) is 5.90. The molecule has 1 aromatic carbocycles. The molecule has 2 rings (SSSR count). The summed E-state index contributed by atoms with van der Waals surface area (Å²) in [6.07, 6.45) is 0.0916. The molecule has 4 nitrogen and oxygen atoms in total. The van der Waals surface area contributed by atoms with E-state index in [2.05, 4.69) is 10.0 Å². The average molecular weight is 312 g/mol. The molecule has 0 spiro atoms. The summed E-state index contributed by atoms with van der Waals surface area (Å²) in [5.41, 5.74) is 2.17. The van der Waals surface area contributed by atoms with Crippen LogP contribution in [0, 0.1) is 0 Å². The van der Waals surface area contributed by atoms with Crippen LogP contribution < -0.4 is 10.0 Å². The zero-order valence-corrected chi connectivity index (χ0v) is 13.5. The summed E-state index contributed by atoms with van der Waals surface area (Å²) in [5, 5.41) is 13.5. The molecule has 110 valence electrons. The molecule has 0 amide bonds. The van der Waals surface area contributed by atoms with E-state index in [9.17, 15) is 9.32 Å². The molecular weight excluding hydrogens is 292 g/mol. The van der Waals surface area contributed by atoms with Gasteiger partial charge in [-0.3, -0.25) is 4.72 Å². The molecule has 1 aliphatic carbocycles. The van der Waals surface area contributed by atoms with Crippen molar-refractivity contribution in [2.45, 2.75) is 44.1 Å². The summed E-state index contributed by atoms with van der Waals surface area (Å²) in [5.74, 6) is 0. The summed E-state index contributed by atoms with van der Waals surface area (Å²) in [4.78, 5) is 0. The molecule has 0 aliphatic heterocycles. The van der Waals surface area contributed by atoms with Crippen LogP contribution in [-0.4, -0.2) is 25.3 Å². The molecule has 1 aliphatic rings. The van der Waals surface area contributed by atoms with Gasteiger partial charge >= 0.3 is 0 Å². The molecule has 0 aromatic heterocycles. The van der Waals surface area contributed by atoms with Crippen molar-refractivity contribution in [3.8, 4) is 0 Å². The molecule has 0 saturated heterocycles. The first-order valence-corrected chi connectivity index (χ1v) is 8.10. The number of aliphatic hydroxyl groups is 1. The van der Waals surface area contributed by atoms with E-state index >= 15 is 0 Å². The van der Waals surface area contributed by atoms with Crippen LogP contribution in [0.4, 0.5) is 0 Å². The van der Waals surface area contributed by atoms with E-state index in [1.165, 1.54) is 0 Å². The lowest BCUT2D eigenvalue weighted by atomic mass is 10.1. The monoisotopic (exact) mass is 312 g/mol. The van der Waals surface area contributed by atoms with Gasteiger partial charge in [-0.2, -0.15) is 0 Å². The van der Waals surface area contributed by atoms with Crippen LogP contribution >= 0.6 is 12.2 Å². The standard InChI is InChI=1S/C14H20N2O2S2/c1-14(2,3)20(18)16-13(19)15-12-10-7-5-4-6-9(10)8-11(12)17/h4-7,11-12,17H,8H2,1-3H3,(H2,15,16,19)/t11-,12+,20+/m1/s1. The number of hydrogen-bond acceptors (Lipinski definition) is 3. The summed E-state index contributed by atoms with van der Waals surface area (Å²) >= 11 is 5.19. The van der Waals surface area contributed by atoms with Gasteiger partial charge in [0.2, 0.25) is 0 Å². The van der Waals surface area contributed by atoms with Crippen LogP contribution in [0.25, 0.3) is 0 Å². The number of aliphatic hydroxyl groups excluding tert-OH is 1. The Labute approximate surface area is 127 Å². The highest BCUT2D eigenvalue weighted by Gasteiger charge is 2.31. The minimum atomic E-state index is -1.27. The maximum atomic E-state index is 12.0. The lowest BCUT2D eigenvalue weighted by molar-refractivity contribution is 0.150. The van der Waals surface area contributed by atoms with E-state index in [1.807, 2.05) is 45.0 Å². The third-order valence-corrected chi connectivity index (χ3v) is 5.08. The van der Waals surface area contributed by atoms with E-state index in [0.29, 0.717) is 11.5 Å². The molecule has 0 heterocycles. The van der Waals surface area contributed by atoms with Gasteiger partial charge in [0.05, 0.1) is 16.9 Å². The van der Waals surface area contributed by atoms with E-state index in [1.54, 1.807) is 0 Å². The second kappa shape index (κ2) is 5.79. The Bertz CT molecular complexity index is 540. The Morgan fingerprint density at radius 3 is 2.70 bits per heavy atom. The van der Waals surface area contributed by atoms with E-state index in [0.717, 1.165) is 11.1 Å². The average Bonchev–Trinajstić information content (AvgIpc) is 2.65. The van der Waals surface area contributed by atoms with E-state index < -0.39 is 21.8 Å². The van der Waals surface area contributed by atoms with Gasteiger partial charge in [-0.25, -0.2) is 4.21 Å². The van der Waals surface area contributed by atoms with Crippen molar-refractivity contribution in [2.75, 3.05) is 0 Å². The Morgan fingerprint density at radius 1 is 1.40 bits per heavy atom. The molecule has 0 unspecified atom stereocenters. The minimum Gasteiger partial charge on any atom is -0.390 e. The number of benzene rings is 1. The van der Waals surface area contributed by atoms with Crippen LogP contribution in [0.5, 0.6) is 0 Å². The predicted molar refractivity (Wildman–Crippen MR) is 85.7 cm³/mol. The normalized spacial score (nSPS) is 23.0. The van der Waals surface area contributed by atoms with E-state index in [4.69, 9.17) is 12.2 Å². The van der Waals surface area contributed by atoms with Gasteiger partial charge in [-0.1, -0.05) is 24.3 Å². The van der Waals surface area contributed by atoms with Crippen molar-refractivity contribution >= 4 is 28.3 Å². The molecule has 6 heteroatoms. The third-order valence-electron chi connectivity index (χ3n) is 3.23. The van der Waals surface area contributed by atoms with Crippen molar-refractivity contribution in [3.05, 3.63) is 35.4 Å². The molecular formula is C14H20N2O2S2. The molecule has 20 heavy (non-hydrogen) atoms. The maximum Gasteiger partial charge on any atom is 0.178 e. The second-order valence-corrected chi connectivity index (χ2v) is 8.28. The first-order chi connectivity index (χ1) is 9.29. The fourth-order valence-electron chi connectivity index (χ4n) is 2.16. The van der Waals surface area contributed by atoms with Crippen LogP contribution in [0.1, 0.15) is 37.9 Å². The number of fused-ring (bicyclic) bond motifs is 1. The van der Waals surface area contributed by atoms with Gasteiger partial charge in [-0.05, 0) is 44.1 Å². The van der Waals surface area contributed by atoms with Crippen molar-refractivity contribution in [1.82, 2.24) is 10.0 Å². The lowest BCUT2D eigenvalue weighted by Gasteiger charge is -2.23. The quantitative estimate of drug-likeness (QED) is 0.726. The first-order valence-electron chi connectivity index (χ1n) is 6.54. The maximum absolute atomic E-state index is 12.0. The molecule has 0 saturated carbocycles. The smallest absolute Gasteiger partial charge is 0.178 e. The highest BCUT2D eigenvalue weighted by atomic mass is 32.2. The fourth-order valence-corrected chi connectivity index (χ4v) is 3.04. The Kier molecular flexibility index (Phi) is 4.46. The van der Waals surface area contributed by atoms with Crippen molar-refractivity contribution in [1.29, 1.82) is 0 Å². The van der Waals surface area contributed by atoms with Crippen molar-refractivity contribution < 1.29 is 9.32 Å². The first kappa shape index (κ1) is 15.4. The Balaban J connectivity index is 2.04. The van der Waals surface area contributed by atoms with Gasteiger partial charge in [0.25, 0.3) is 0 Å². The highest BCUT2D eigenvalue weighted by Crippen LogP contribution is 2.31. The molecule has 0 bridgehead atoms. The summed E-state index contributed by atoms with van der Waals surface area (Å²) < 4.78 is 14.4. The summed E-state index contributed by atoms with van der Waals surface area (Å²) in [7, 11) is -1.27. The van der Waals surface area contributed by atoms with Gasteiger partial charge < -0.3 is 10.4 Å². The molecule has 1 aromatic rings. The van der Waals surface area contributed by atoms with Crippen molar-refractivity contribution in [3.63, 3.8) is 0 Å². The predicted octanol–water partition coefficient (Wildman–Crippen LogP) is 1.57. The lowest BCUT2D eigenvalue weighted by Crippen LogP contribution is -2.45. The number of rotatable bonds is 2. The largest absolute Gasteiger partial charge is 0.390 e. The zero-order valence-electron chi connectivity index (χ0n) is 11.8. The van der Waals surface area contributed by atoms with E-state index in [-0.39, 0.29) is 6.04 Å². The minimum absolute atomic E-state index is 0.247. The van der Waals surface area contributed by atoms with Crippen LogP contribution in [0.3, 0.4) is 0 Å². The summed E-state index contributed by atoms with van der Waals surface area (Å²) in [6, 6.07) is 7.63. The van der Waals surface area contributed by atoms with Crippen molar-refractivity contribution in [2.24, 2.45) is 0 Å². The van der Waals surface area contributed by atoms with Crippen LogP contribution in [-0.2, 0) is 17.4 Å². The Morgan fingerprint density at radius 2 is 2.05 bits per heavy atom. The summed E-state index contributed by atoms with van der Waals surface area (Å²) in [6.45, 7) is 5.62. The SMILES string of the molecule is CC(C)(C)[S@](=O)NC(=S)N[C@H]1c2ccccc2C[C@H]1O.